The van der Waals surface area contributed by atoms with Gasteiger partial charge in [0.05, 0.1) is 30.3 Å². The van der Waals surface area contributed by atoms with Gasteiger partial charge in [-0.1, -0.05) is 24.3 Å². The predicted molar refractivity (Wildman–Crippen MR) is 123 cm³/mol. The zero-order valence-electron chi connectivity index (χ0n) is 17.5. The van der Waals surface area contributed by atoms with Gasteiger partial charge in [-0.3, -0.25) is 9.59 Å². The second-order valence-electron chi connectivity index (χ2n) is 7.74. The number of anilines is 2. The van der Waals surface area contributed by atoms with Crippen LogP contribution in [0.15, 0.2) is 72.8 Å². The molecule has 1 aliphatic heterocycles. The first-order valence-electron chi connectivity index (χ1n) is 10.4. The molecule has 0 radical (unpaired) electrons. The van der Waals surface area contributed by atoms with Crippen LogP contribution in [0.4, 0.5) is 11.4 Å². The lowest BCUT2D eigenvalue weighted by molar-refractivity contribution is -0.121. The lowest BCUT2D eigenvalue weighted by atomic mass is 10.1. The minimum absolute atomic E-state index is 0.117. The van der Waals surface area contributed by atoms with Gasteiger partial charge >= 0.3 is 0 Å². The Morgan fingerprint density at radius 1 is 1.03 bits per heavy atom. The predicted octanol–water partition coefficient (Wildman–Crippen LogP) is 3.91. The summed E-state index contributed by atoms with van der Waals surface area (Å²) in [5.74, 6) is 1.09. The molecule has 0 bridgehead atoms. The highest BCUT2D eigenvalue weighted by atomic mass is 16.5. The van der Waals surface area contributed by atoms with Crippen LogP contribution in [0.25, 0.3) is 11.0 Å². The lowest BCUT2D eigenvalue weighted by Crippen LogP contribution is -2.34. The fraction of sp³-hybridized carbons (Fsp3) is 0.160. The number of carbonyl (C=O) groups excluding carboxylic acids is 2. The summed E-state index contributed by atoms with van der Waals surface area (Å²) in [5.41, 5.74) is 4.41. The number of H-pyrrole nitrogens is 1. The highest BCUT2D eigenvalue weighted by Gasteiger charge is 2.39. The highest BCUT2D eigenvalue weighted by molar-refractivity contribution is 6.23. The molecule has 1 aliphatic rings. The van der Waals surface area contributed by atoms with Crippen molar-refractivity contribution >= 4 is 34.2 Å². The van der Waals surface area contributed by atoms with Gasteiger partial charge < -0.3 is 15.0 Å². The molecular formula is C25H22N4O3. The van der Waals surface area contributed by atoms with Gasteiger partial charge in [-0.05, 0) is 54.1 Å². The van der Waals surface area contributed by atoms with Crippen LogP contribution < -0.4 is 15.0 Å². The quantitative estimate of drug-likeness (QED) is 0.457. The number of imide groups is 1. The number of hydrogen-bond acceptors (Lipinski definition) is 5. The standard InChI is InChI=1S/C25H22N4O3/c1-32-19-12-10-18(11-13-19)29-24(30)15-22(25(29)31)26-17-8-6-16(7-9-17)14-23-27-20-4-2-3-5-21(20)28-23/h2-13,22,26H,14-15H2,1H3,(H,27,28)/t22-/m1/s1. The van der Waals surface area contributed by atoms with E-state index in [1.807, 2.05) is 48.5 Å². The molecule has 3 aromatic carbocycles. The number of fused-ring (bicyclic) bond motifs is 1. The second kappa shape index (κ2) is 8.19. The third kappa shape index (κ3) is 3.80. The number of para-hydroxylation sites is 2. The van der Waals surface area contributed by atoms with Gasteiger partial charge in [-0.15, -0.1) is 0 Å². The number of benzene rings is 3. The molecule has 1 fully saturated rings. The molecule has 2 amide bonds. The summed E-state index contributed by atoms with van der Waals surface area (Å²) >= 11 is 0. The Kier molecular flexibility index (Phi) is 5.07. The van der Waals surface area contributed by atoms with Crippen LogP contribution in [0.5, 0.6) is 5.75 Å². The zero-order chi connectivity index (χ0) is 22.1. The average Bonchev–Trinajstić information content (AvgIpc) is 3.34. The molecular weight excluding hydrogens is 404 g/mol. The number of carbonyl (C=O) groups is 2. The highest BCUT2D eigenvalue weighted by Crippen LogP contribution is 2.27. The van der Waals surface area contributed by atoms with Crippen molar-refractivity contribution < 1.29 is 14.3 Å². The number of aromatic amines is 1. The minimum Gasteiger partial charge on any atom is -0.497 e. The fourth-order valence-electron chi connectivity index (χ4n) is 3.95. The molecule has 32 heavy (non-hydrogen) atoms. The van der Waals surface area contributed by atoms with E-state index in [2.05, 4.69) is 15.3 Å². The topological polar surface area (TPSA) is 87.3 Å². The van der Waals surface area contributed by atoms with Crippen LogP contribution in [-0.4, -0.2) is 34.9 Å². The molecule has 7 heteroatoms. The van der Waals surface area contributed by atoms with Gasteiger partial charge in [0, 0.05) is 12.1 Å². The Morgan fingerprint density at radius 3 is 2.50 bits per heavy atom. The number of nitrogens with zero attached hydrogens (tertiary/aromatic N) is 2. The number of imidazole rings is 1. The van der Waals surface area contributed by atoms with Crippen molar-refractivity contribution in [3.8, 4) is 5.75 Å². The number of hydrogen-bond donors (Lipinski definition) is 2. The van der Waals surface area contributed by atoms with Gasteiger partial charge in [0.1, 0.15) is 17.6 Å². The molecule has 4 aromatic rings. The number of amides is 2. The molecule has 1 atom stereocenters. The van der Waals surface area contributed by atoms with Crippen LogP contribution >= 0.6 is 0 Å². The Labute approximate surface area is 185 Å². The smallest absolute Gasteiger partial charge is 0.256 e. The Bertz CT molecular complexity index is 1250. The normalized spacial score (nSPS) is 16.0. The molecule has 7 nitrogen and oxygen atoms in total. The lowest BCUT2D eigenvalue weighted by Gasteiger charge is -2.16. The second-order valence-corrected chi connectivity index (χ2v) is 7.74. The Hall–Kier alpha value is -4.13. The summed E-state index contributed by atoms with van der Waals surface area (Å²) in [6, 6.07) is 22.1. The third-order valence-corrected chi connectivity index (χ3v) is 5.58. The average molecular weight is 426 g/mol. The van der Waals surface area contributed by atoms with Crippen LogP contribution in [0.1, 0.15) is 17.8 Å². The summed E-state index contributed by atoms with van der Waals surface area (Å²) in [6.45, 7) is 0. The minimum atomic E-state index is -0.592. The van der Waals surface area contributed by atoms with Crippen LogP contribution in [0.3, 0.4) is 0 Å². The van der Waals surface area contributed by atoms with E-state index >= 15 is 0 Å². The van der Waals surface area contributed by atoms with E-state index in [0.29, 0.717) is 17.9 Å². The summed E-state index contributed by atoms with van der Waals surface area (Å²) in [4.78, 5) is 34.5. The van der Waals surface area contributed by atoms with E-state index in [1.54, 1.807) is 31.4 Å². The summed E-state index contributed by atoms with van der Waals surface area (Å²) in [7, 11) is 1.57. The van der Waals surface area contributed by atoms with Crippen molar-refractivity contribution in [2.24, 2.45) is 0 Å². The first kappa shape index (κ1) is 19.8. The number of methoxy groups -OCH3 is 1. The largest absolute Gasteiger partial charge is 0.497 e. The van der Waals surface area contributed by atoms with Gasteiger partial charge in [0.2, 0.25) is 5.91 Å². The maximum absolute atomic E-state index is 12.9. The zero-order valence-corrected chi connectivity index (χ0v) is 17.5. The molecule has 2 N–H and O–H groups in total. The number of rotatable bonds is 6. The molecule has 2 heterocycles. The molecule has 0 spiro atoms. The molecule has 0 saturated carbocycles. The summed E-state index contributed by atoms with van der Waals surface area (Å²) < 4.78 is 5.14. The Morgan fingerprint density at radius 2 is 1.78 bits per heavy atom. The van der Waals surface area contributed by atoms with Gasteiger partial charge in [-0.25, -0.2) is 9.88 Å². The van der Waals surface area contributed by atoms with Gasteiger partial charge in [0.25, 0.3) is 5.91 Å². The van der Waals surface area contributed by atoms with Crippen molar-refractivity contribution in [3.63, 3.8) is 0 Å². The van der Waals surface area contributed by atoms with Crippen LogP contribution in [0, 0.1) is 0 Å². The SMILES string of the molecule is COc1ccc(N2C(=O)C[C@@H](Nc3ccc(Cc4nc5ccccc5[nH]4)cc3)C2=O)cc1. The first-order valence-corrected chi connectivity index (χ1v) is 10.4. The summed E-state index contributed by atoms with van der Waals surface area (Å²) in [5, 5.41) is 3.20. The number of nitrogens with one attached hydrogen (secondary N) is 2. The van der Waals surface area contributed by atoms with Crippen molar-refractivity contribution in [1.82, 2.24) is 9.97 Å². The first-order chi connectivity index (χ1) is 15.6. The van der Waals surface area contributed by atoms with Crippen LogP contribution in [0.2, 0.25) is 0 Å². The van der Waals surface area contributed by atoms with E-state index < -0.39 is 6.04 Å². The molecule has 5 rings (SSSR count). The number of ether oxygens (including phenoxy) is 1. The van der Waals surface area contributed by atoms with Crippen molar-refractivity contribution in [2.75, 3.05) is 17.3 Å². The monoisotopic (exact) mass is 426 g/mol. The molecule has 1 saturated heterocycles. The van der Waals surface area contributed by atoms with Crippen molar-refractivity contribution in [2.45, 2.75) is 18.9 Å². The van der Waals surface area contributed by atoms with E-state index in [1.165, 1.54) is 4.90 Å². The molecule has 0 aliphatic carbocycles. The van der Waals surface area contributed by atoms with E-state index in [0.717, 1.165) is 28.1 Å². The molecule has 160 valence electrons. The Balaban J connectivity index is 1.25. The maximum atomic E-state index is 12.9. The van der Waals surface area contributed by atoms with Crippen molar-refractivity contribution in [3.05, 3.63) is 84.2 Å². The van der Waals surface area contributed by atoms with Gasteiger partial charge in [0.15, 0.2) is 0 Å². The van der Waals surface area contributed by atoms with E-state index in [-0.39, 0.29) is 18.2 Å². The van der Waals surface area contributed by atoms with E-state index in [9.17, 15) is 9.59 Å². The van der Waals surface area contributed by atoms with E-state index in [4.69, 9.17) is 4.74 Å². The maximum Gasteiger partial charge on any atom is 0.256 e. The van der Waals surface area contributed by atoms with Crippen LogP contribution in [-0.2, 0) is 16.0 Å². The number of aromatic nitrogens is 2. The fourth-order valence-corrected chi connectivity index (χ4v) is 3.95. The molecule has 0 unspecified atom stereocenters. The summed E-state index contributed by atoms with van der Waals surface area (Å²) in [6.07, 6.45) is 0.798. The van der Waals surface area contributed by atoms with Gasteiger partial charge in [-0.2, -0.15) is 0 Å². The van der Waals surface area contributed by atoms with Crippen molar-refractivity contribution in [1.29, 1.82) is 0 Å². The molecule has 1 aromatic heterocycles. The third-order valence-electron chi connectivity index (χ3n) is 5.58.